The van der Waals surface area contributed by atoms with Crippen LogP contribution >= 0.6 is 15.6 Å². The Morgan fingerprint density at radius 3 is 0.648 bits per heavy atom. The third-order valence-electron chi connectivity index (χ3n) is 20.2. The summed E-state index contributed by atoms with van der Waals surface area (Å²) in [4.78, 5) is 73.2. The maximum Gasteiger partial charge on any atom is 0.472 e. The topological polar surface area (TPSA) is 237 Å². The van der Waals surface area contributed by atoms with Crippen molar-refractivity contribution in [2.24, 2.45) is 11.8 Å². The molecule has 0 bridgehead atoms. The lowest BCUT2D eigenvalue weighted by molar-refractivity contribution is -0.161. The first kappa shape index (κ1) is 103. The van der Waals surface area contributed by atoms with Crippen molar-refractivity contribution in [3.8, 4) is 0 Å². The second-order valence-corrected chi connectivity index (χ2v) is 34.8. The number of phosphoric acid groups is 2. The van der Waals surface area contributed by atoms with Crippen LogP contribution in [0, 0.1) is 11.8 Å². The molecule has 0 aromatic heterocycles. The molecule has 0 radical (unpaired) electrons. The number of rotatable bonds is 85. The standard InChI is InChI=1S/C86H168O17P2/c1-7-9-11-13-15-17-19-21-23-25-27-28-29-31-33-37-41-45-51-58-64-70-85(90)102-81(74-96-83(88)68-62-56-50-44-40-36-32-30-26-24-22-20-18-16-14-12-10-8-2)76-100-104(92,93)98-72-80(87)73-99-105(94,95)101-77-82(75-97-84(89)69-63-57-53-47-49-55-61-67-79(5)6)103-86(91)71-65-59-52-46-42-38-34-35-39-43-48-54-60-66-78(3)4/h78-82,87H,7-77H2,1-6H3,(H,92,93)(H,94,95)/t80-,81-,82-/m1/s1. The summed E-state index contributed by atoms with van der Waals surface area (Å²) >= 11 is 0. The Bertz CT molecular complexity index is 2010. The van der Waals surface area contributed by atoms with Gasteiger partial charge in [0, 0.05) is 25.7 Å². The van der Waals surface area contributed by atoms with Crippen LogP contribution in [0.2, 0.25) is 0 Å². The predicted molar refractivity (Wildman–Crippen MR) is 432 cm³/mol. The van der Waals surface area contributed by atoms with Gasteiger partial charge in [0.25, 0.3) is 0 Å². The minimum Gasteiger partial charge on any atom is -0.462 e. The molecular weight excluding hydrogens is 1370 g/mol. The number of aliphatic hydroxyl groups excluding tert-OH is 1. The third kappa shape index (κ3) is 79.9. The van der Waals surface area contributed by atoms with Gasteiger partial charge in [-0.3, -0.25) is 37.3 Å². The Balaban J connectivity index is 5.22. The fourth-order valence-electron chi connectivity index (χ4n) is 13.4. The van der Waals surface area contributed by atoms with E-state index >= 15 is 0 Å². The van der Waals surface area contributed by atoms with Crippen molar-refractivity contribution in [3.05, 3.63) is 0 Å². The highest BCUT2D eigenvalue weighted by molar-refractivity contribution is 7.47. The number of esters is 4. The highest BCUT2D eigenvalue weighted by Crippen LogP contribution is 2.45. The summed E-state index contributed by atoms with van der Waals surface area (Å²) in [6.45, 7) is 9.63. The van der Waals surface area contributed by atoms with Crippen LogP contribution in [0.5, 0.6) is 0 Å². The van der Waals surface area contributed by atoms with E-state index in [1.165, 1.54) is 270 Å². The van der Waals surface area contributed by atoms with Crippen molar-refractivity contribution in [3.63, 3.8) is 0 Å². The van der Waals surface area contributed by atoms with Crippen LogP contribution in [-0.4, -0.2) is 96.7 Å². The molecule has 0 aliphatic carbocycles. The highest BCUT2D eigenvalue weighted by Gasteiger charge is 2.30. The van der Waals surface area contributed by atoms with Crippen molar-refractivity contribution in [1.29, 1.82) is 0 Å². The molecule has 0 aromatic rings. The normalized spacial score (nSPS) is 13.8. The van der Waals surface area contributed by atoms with Gasteiger partial charge in [0.1, 0.15) is 19.3 Å². The zero-order chi connectivity index (χ0) is 77.1. The van der Waals surface area contributed by atoms with E-state index in [9.17, 15) is 43.2 Å². The number of hydrogen-bond acceptors (Lipinski definition) is 15. The number of unbranched alkanes of at least 4 members (excludes halogenated alkanes) is 55. The first-order chi connectivity index (χ1) is 50.9. The fourth-order valence-corrected chi connectivity index (χ4v) is 15.0. The summed E-state index contributed by atoms with van der Waals surface area (Å²) in [5.41, 5.74) is 0. The van der Waals surface area contributed by atoms with Crippen molar-refractivity contribution in [1.82, 2.24) is 0 Å². The second-order valence-electron chi connectivity index (χ2n) is 31.9. The largest absolute Gasteiger partial charge is 0.472 e. The summed E-state index contributed by atoms with van der Waals surface area (Å²) in [7, 11) is -9.93. The van der Waals surface area contributed by atoms with Gasteiger partial charge in [-0.05, 0) is 37.5 Å². The smallest absolute Gasteiger partial charge is 0.462 e. The number of aliphatic hydroxyl groups is 1. The van der Waals surface area contributed by atoms with E-state index in [-0.39, 0.29) is 25.7 Å². The van der Waals surface area contributed by atoms with Gasteiger partial charge < -0.3 is 33.8 Å². The minimum absolute atomic E-state index is 0.107. The zero-order valence-corrected chi connectivity index (χ0v) is 70.8. The van der Waals surface area contributed by atoms with Crippen molar-refractivity contribution >= 4 is 39.5 Å². The summed E-state index contributed by atoms with van der Waals surface area (Å²) < 4.78 is 68.9. The van der Waals surface area contributed by atoms with E-state index in [1.807, 2.05) is 0 Å². The molecule has 0 saturated carbocycles. The van der Waals surface area contributed by atoms with Gasteiger partial charge >= 0.3 is 39.5 Å². The molecule has 0 aromatic carbocycles. The van der Waals surface area contributed by atoms with Gasteiger partial charge in [-0.25, -0.2) is 9.13 Å². The molecule has 105 heavy (non-hydrogen) atoms. The van der Waals surface area contributed by atoms with Crippen LogP contribution in [0.25, 0.3) is 0 Å². The molecule has 624 valence electrons. The molecule has 0 amide bonds. The second kappa shape index (κ2) is 77.4. The molecule has 17 nitrogen and oxygen atoms in total. The molecule has 0 saturated heterocycles. The number of carbonyl (C=O) groups excluding carboxylic acids is 4. The Labute approximate surface area is 645 Å². The van der Waals surface area contributed by atoms with Crippen LogP contribution in [0.4, 0.5) is 0 Å². The lowest BCUT2D eigenvalue weighted by Gasteiger charge is -2.21. The molecule has 19 heteroatoms. The number of hydrogen-bond donors (Lipinski definition) is 3. The van der Waals surface area contributed by atoms with Crippen molar-refractivity contribution in [2.75, 3.05) is 39.6 Å². The van der Waals surface area contributed by atoms with Gasteiger partial charge in [0.15, 0.2) is 12.2 Å². The van der Waals surface area contributed by atoms with E-state index < -0.39 is 97.5 Å². The highest BCUT2D eigenvalue weighted by atomic mass is 31.2. The number of ether oxygens (including phenoxy) is 4. The molecule has 0 rings (SSSR count). The van der Waals surface area contributed by atoms with E-state index in [4.69, 9.17) is 37.0 Å². The van der Waals surface area contributed by atoms with Crippen LogP contribution in [-0.2, 0) is 65.4 Å². The summed E-state index contributed by atoms with van der Waals surface area (Å²) in [5.74, 6) is -0.612. The molecule has 0 aliphatic heterocycles. The van der Waals surface area contributed by atoms with E-state index in [1.54, 1.807) is 0 Å². The van der Waals surface area contributed by atoms with Crippen molar-refractivity contribution in [2.45, 2.75) is 477 Å². The van der Waals surface area contributed by atoms with Gasteiger partial charge in [-0.1, -0.05) is 408 Å². The average molecular weight is 1540 g/mol. The average Bonchev–Trinajstić information content (AvgIpc) is 0.914. The minimum atomic E-state index is -4.97. The number of carbonyl (C=O) groups is 4. The number of phosphoric ester groups is 2. The first-order valence-corrected chi connectivity index (χ1v) is 47.5. The van der Waals surface area contributed by atoms with Gasteiger partial charge in [-0.2, -0.15) is 0 Å². The SMILES string of the molecule is CCCCCCCCCCCCCCCCCCCCCCCC(=O)O[C@H](COC(=O)CCCCCCCCCCCCCCCCCCCC)COP(=O)(O)OC[C@@H](O)COP(=O)(O)OC[C@@H](COC(=O)CCCCCCCCCC(C)C)OC(=O)CCCCCCCCCCCCCCCC(C)C. The van der Waals surface area contributed by atoms with E-state index in [0.29, 0.717) is 31.6 Å². The molecule has 2 unspecified atom stereocenters. The molecule has 3 N–H and O–H groups in total. The van der Waals surface area contributed by atoms with Gasteiger partial charge in [0.05, 0.1) is 26.4 Å². The van der Waals surface area contributed by atoms with Crippen LogP contribution in [0.1, 0.15) is 459 Å². The fraction of sp³-hybridized carbons (Fsp3) is 0.953. The van der Waals surface area contributed by atoms with Gasteiger partial charge in [-0.15, -0.1) is 0 Å². The summed E-state index contributed by atoms with van der Waals surface area (Å²) in [5, 5.41) is 10.7. The Hall–Kier alpha value is -1.94. The first-order valence-electron chi connectivity index (χ1n) is 44.5. The summed E-state index contributed by atoms with van der Waals surface area (Å²) in [6.07, 6.45) is 69.6. The molecule has 0 aliphatic rings. The monoisotopic (exact) mass is 1540 g/mol. The molecule has 0 heterocycles. The zero-order valence-electron chi connectivity index (χ0n) is 69.0. The quantitative estimate of drug-likeness (QED) is 0.0222. The maximum absolute atomic E-state index is 13.1. The lowest BCUT2D eigenvalue weighted by atomic mass is 10.0. The van der Waals surface area contributed by atoms with Crippen molar-refractivity contribution < 1.29 is 80.2 Å². The third-order valence-corrected chi connectivity index (χ3v) is 22.1. The van der Waals surface area contributed by atoms with Crippen LogP contribution < -0.4 is 0 Å². The molecule has 5 atom stereocenters. The maximum atomic E-state index is 13.1. The van der Waals surface area contributed by atoms with Crippen LogP contribution in [0.15, 0.2) is 0 Å². The van der Waals surface area contributed by atoms with Gasteiger partial charge in [0.2, 0.25) is 0 Å². The summed E-state index contributed by atoms with van der Waals surface area (Å²) in [6, 6.07) is 0. The van der Waals surface area contributed by atoms with E-state index in [2.05, 4.69) is 41.5 Å². The Morgan fingerprint density at radius 2 is 0.438 bits per heavy atom. The Kier molecular flexibility index (Phi) is 76.0. The molecular formula is C86H168O17P2. The molecule has 0 spiro atoms. The predicted octanol–water partition coefficient (Wildman–Crippen LogP) is 26.2. The molecule has 0 fully saturated rings. The lowest BCUT2D eigenvalue weighted by Crippen LogP contribution is -2.30. The van der Waals surface area contributed by atoms with E-state index in [0.717, 1.165) is 102 Å². The Morgan fingerprint density at radius 1 is 0.257 bits per heavy atom. The van der Waals surface area contributed by atoms with Crippen LogP contribution in [0.3, 0.4) is 0 Å².